The van der Waals surface area contributed by atoms with Crippen molar-refractivity contribution in [1.29, 1.82) is 0 Å². The number of aromatic nitrogens is 4. The van der Waals surface area contributed by atoms with Crippen molar-refractivity contribution in [3.63, 3.8) is 0 Å². The first-order valence-electron chi connectivity index (χ1n) is 8.14. The summed E-state index contributed by atoms with van der Waals surface area (Å²) in [5.74, 6) is 0.497. The van der Waals surface area contributed by atoms with Crippen LogP contribution in [0.4, 0.5) is 0 Å². The molecule has 0 fully saturated rings. The van der Waals surface area contributed by atoms with Gasteiger partial charge in [-0.3, -0.25) is 9.69 Å². The van der Waals surface area contributed by atoms with Crippen molar-refractivity contribution in [3.8, 4) is 11.4 Å². The average molecular weight is 388 g/mol. The second-order valence-corrected chi connectivity index (χ2v) is 6.94. The van der Waals surface area contributed by atoms with Crippen molar-refractivity contribution < 1.29 is 0 Å². The zero-order chi connectivity index (χ0) is 18.1. The number of nitrogens with one attached hydrogen (secondary N) is 1. The zero-order valence-electron chi connectivity index (χ0n) is 13.7. The SMILES string of the molecule is O=c1[nH]c(-c2cncnc2)nc2c1CN(Cc1c(Cl)cccc1Cl)CC2. The van der Waals surface area contributed by atoms with Gasteiger partial charge in [-0.05, 0) is 12.1 Å². The molecule has 2 aromatic heterocycles. The molecule has 1 N–H and O–H groups in total. The molecule has 0 saturated carbocycles. The summed E-state index contributed by atoms with van der Waals surface area (Å²) in [5, 5.41) is 1.27. The van der Waals surface area contributed by atoms with Gasteiger partial charge in [-0.2, -0.15) is 0 Å². The van der Waals surface area contributed by atoms with E-state index in [0.29, 0.717) is 46.5 Å². The smallest absolute Gasteiger partial charge is 0.255 e. The summed E-state index contributed by atoms with van der Waals surface area (Å²) in [6.45, 7) is 1.87. The maximum absolute atomic E-state index is 12.6. The molecular weight excluding hydrogens is 373 g/mol. The monoisotopic (exact) mass is 387 g/mol. The van der Waals surface area contributed by atoms with Crippen LogP contribution in [0.3, 0.4) is 0 Å². The van der Waals surface area contributed by atoms with Crippen molar-refractivity contribution in [3.05, 3.63) is 74.1 Å². The Labute approximate surface area is 159 Å². The molecule has 3 heterocycles. The van der Waals surface area contributed by atoms with Crippen molar-refractivity contribution in [2.45, 2.75) is 19.5 Å². The topological polar surface area (TPSA) is 74.8 Å². The van der Waals surface area contributed by atoms with E-state index in [0.717, 1.165) is 17.8 Å². The van der Waals surface area contributed by atoms with Crippen molar-refractivity contribution in [2.24, 2.45) is 0 Å². The van der Waals surface area contributed by atoms with Crippen LogP contribution in [0.25, 0.3) is 11.4 Å². The summed E-state index contributed by atoms with van der Waals surface area (Å²) in [5.41, 5.74) is 2.93. The summed E-state index contributed by atoms with van der Waals surface area (Å²) in [6.07, 6.45) is 5.39. The molecule has 132 valence electrons. The number of nitrogens with zero attached hydrogens (tertiary/aromatic N) is 4. The van der Waals surface area contributed by atoms with Gasteiger partial charge in [0, 0.05) is 54.1 Å². The quantitative estimate of drug-likeness (QED) is 0.747. The Morgan fingerprint density at radius 3 is 2.62 bits per heavy atom. The summed E-state index contributed by atoms with van der Waals surface area (Å²) >= 11 is 12.5. The maximum atomic E-state index is 12.6. The van der Waals surface area contributed by atoms with E-state index in [-0.39, 0.29) is 5.56 Å². The lowest BCUT2D eigenvalue weighted by Crippen LogP contribution is -2.35. The van der Waals surface area contributed by atoms with Gasteiger partial charge in [0.15, 0.2) is 0 Å². The average Bonchev–Trinajstić information content (AvgIpc) is 2.66. The van der Waals surface area contributed by atoms with Gasteiger partial charge in [0.1, 0.15) is 12.2 Å². The minimum atomic E-state index is -0.135. The summed E-state index contributed by atoms with van der Waals surface area (Å²) in [7, 11) is 0. The van der Waals surface area contributed by atoms with Crippen LogP contribution >= 0.6 is 23.2 Å². The molecule has 0 spiro atoms. The summed E-state index contributed by atoms with van der Waals surface area (Å²) < 4.78 is 0. The van der Waals surface area contributed by atoms with Gasteiger partial charge >= 0.3 is 0 Å². The third kappa shape index (κ3) is 3.35. The number of H-pyrrole nitrogens is 1. The largest absolute Gasteiger partial charge is 0.306 e. The maximum Gasteiger partial charge on any atom is 0.255 e. The van der Waals surface area contributed by atoms with Crippen LogP contribution in [0.5, 0.6) is 0 Å². The molecular formula is C18H15Cl2N5O. The van der Waals surface area contributed by atoms with E-state index in [4.69, 9.17) is 23.2 Å². The Hall–Kier alpha value is -2.28. The van der Waals surface area contributed by atoms with E-state index in [1.807, 2.05) is 18.2 Å². The van der Waals surface area contributed by atoms with E-state index in [2.05, 4.69) is 24.8 Å². The third-order valence-corrected chi connectivity index (χ3v) is 5.13. The lowest BCUT2D eigenvalue weighted by molar-refractivity contribution is 0.242. The lowest BCUT2D eigenvalue weighted by Gasteiger charge is -2.28. The fourth-order valence-corrected chi connectivity index (χ4v) is 3.60. The molecule has 26 heavy (non-hydrogen) atoms. The van der Waals surface area contributed by atoms with Gasteiger partial charge in [-0.1, -0.05) is 29.3 Å². The van der Waals surface area contributed by atoms with Crippen LogP contribution in [0.15, 0.2) is 41.7 Å². The fraction of sp³-hybridized carbons (Fsp3) is 0.222. The lowest BCUT2D eigenvalue weighted by atomic mass is 10.1. The highest BCUT2D eigenvalue weighted by molar-refractivity contribution is 6.35. The van der Waals surface area contributed by atoms with Gasteiger partial charge in [-0.15, -0.1) is 0 Å². The highest BCUT2D eigenvalue weighted by Gasteiger charge is 2.22. The molecule has 0 aliphatic carbocycles. The third-order valence-electron chi connectivity index (χ3n) is 4.43. The van der Waals surface area contributed by atoms with Gasteiger partial charge in [-0.25, -0.2) is 15.0 Å². The number of fused-ring (bicyclic) bond motifs is 1. The molecule has 0 radical (unpaired) electrons. The fourth-order valence-electron chi connectivity index (χ4n) is 3.08. The second-order valence-electron chi connectivity index (χ2n) is 6.13. The van der Waals surface area contributed by atoms with Gasteiger partial charge in [0.05, 0.1) is 16.8 Å². The van der Waals surface area contributed by atoms with Crippen LogP contribution in [-0.4, -0.2) is 31.4 Å². The summed E-state index contributed by atoms with van der Waals surface area (Å²) in [6, 6.07) is 5.47. The van der Waals surface area contributed by atoms with Crippen LogP contribution in [0.2, 0.25) is 10.0 Å². The molecule has 0 atom stereocenters. The van der Waals surface area contributed by atoms with Crippen molar-refractivity contribution >= 4 is 23.2 Å². The van der Waals surface area contributed by atoms with Crippen molar-refractivity contribution in [1.82, 2.24) is 24.8 Å². The molecule has 1 aromatic carbocycles. The molecule has 1 aliphatic heterocycles. The Morgan fingerprint density at radius 1 is 1.15 bits per heavy atom. The number of halogens is 2. The molecule has 0 unspecified atom stereocenters. The van der Waals surface area contributed by atoms with Gasteiger partial charge in [0.25, 0.3) is 5.56 Å². The zero-order valence-corrected chi connectivity index (χ0v) is 15.3. The molecule has 0 saturated heterocycles. The van der Waals surface area contributed by atoms with E-state index in [9.17, 15) is 4.79 Å². The highest BCUT2D eigenvalue weighted by Crippen LogP contribution is 2.27. The Bertz CT molecular complexity index is 986. The van der Waals surface area contributed by atoms with Crippen LogP contribution in [-0.2, 0) is 19.5 Å². The molecule has 0 amide bonds. The summed E-state index contributed by atoms with van der Waals surface area (Å²) in [4.78, 5) is 30.1. The molecule has 1 aliphatic rings. The van der Waals surface area contributed by atoms with Gasteiger partial charge < -0.3 is 4.98 Å². The minimum absolute atomic E-state index is 0.135. The number of aromatic amines is 1. The number of benzene rings is 1. The molecule has 3 aromatic rings. The normalized spacial score (nSPS) is 14.2. The number of rotatable bonds is 3. The Morgan fingerprint density at radius 2 is 1.88 bits per heavy atom. The van der Waals surface area contributed by atoms with Crippen LogP contribution < -0.4 is 5.56 Å². The van der Waals surface area contributed by atoms with E-state index in [1.165, 1.54) is 6.33 Å². The van der Waals surface area contributed by atoms with Gasteiger partial charge in [0.2, 0.25) is 0 Å². The standard InChI is InChI=1S/C18H15Cl2N5O/c19-14-2-1-3-15(20)12(14)8-25-5-4-16-13(9-25)18(26)24-17(23-16)11-6-21-10-22-7-11/h1-3,6-7,10H,4-5,8-9H2,(H,23,24,26). The first-order chi connectivity index (χ1) is 12.6. The van der Waals surface area contributed by atoms with E-state index in [1.54, 1.807) is 12.4 Å². The minimum Gasteiger partial charge on any atom is -0.306 e. The van der Waals surface area contributed by atoms with Crippen LogP contribution in [0, 0.1) is 0 Å². The molecule has 0 bridgehead atoms. The predicted octanol–water partition coefficient (Wildman–Crippen LogP) is 3.09. The van der Waals surface area contributed by atoms with Crippen molar-refractivity contribution in [2.75, 3.05) is 6.54 Å². The predicted molar refractivity (Wildman–Crippen MR) is 100 cm³/mol. The first kappa shape index (κ1) is 17.1. The molecule has 4 rings (SSSR count). The van der Waals surface area contributed by atoms with E-state index < -0.39 is 0 Å². The first-order valence-corrected chi connectivity index (χ1v) is 8.90. The van der Waals surface area contributed by atoms with E-state index >= 15 is 0 Å². The Kier molecular flexibility index (Phi) is 4.72. The van der Waals surface area contributed by atoms with Crippen LogP contribution in [0.1, 0.15) is 16.8 Å². The number of hydrogen-bond donors (Lipinski definition) is 1. The second kappa shape index (κ2) is 7.15. The Balaban J connectivity index is 1.61. The highest BCUT2D eigenvalue weighted by atomic mass is 35.5. The molecule has 8 heteroatoms. The molecule has 6 nitrogen and oxygen atoms in total. The number of hydrogen-bond acceptors (Lipinski definition) is 5.